The number of aromatic nitrogens is 2. The maximum absolute atomic E-state index is 11.8. The van der Waals surface area contributed by atoms with Crippen molar-refractivity contribution >= 4 is 22.4 Å². The Morgan fingerprint density at radius 3 is 2.71 bits per heavy atom. The third kappa shape index (κ3) is 4.40. The Hall–Kier alpha value is -2.19. The van der Waals surface area contributed by atoms with Crippen LogP contribution >= 0.6 is 11.3 Å². The summed E-state index contributed by atoms with van der Waals surface area (Å²) in [7, 11) is 3.11. The van der Waals surface area contributed by atoms with E-state index in [0.29, 0.717) is 28.2 Å². The normalized spacial score (nSPS) is 10.2. The molecule has 2 rings (SSSR count). The number of amides is 1. The summed E-state index contributed by atoms with van der Waals surface area (Å²) >= 11 is 1.26. The highest BCUT2D eigenvalue weighted by atomic mass is 32.1. The maximum atomic E-state index is 11.8. The smallest absolute Gasteiger partial charge is 0.264 e. The van der Waals surface area contributed by atoms with Crippen LogP contribution in [0.25, 0.3) is 0 Å². The molecule has 8 heteroatoms. The molecular weight excluding hydrogens is 294 g/mol. The molecule has 2 aromatic rings. The highest BCUT2D eigenvalue weighted by molar-refractivity contribution is 7.15. The highest BCUT2D eigenvalue weighted by Crippen LogP contribution is 2.25. The molecule has 7 nitrogen and oxygen atoms in total. The van der Waals surface area contributed by atoms with Crippen molar-refractivity contribution in [1.82, 2.24) is 10.2 Å². The molecule has 0 unspecified atom stereocenters. The van der Waals surface area contributed by atoms with E-state index in [1.165, 1.54) is 11.3 Å². The zero-order chi connectivity index (χ0) is 15.1. The molecule has 21 heavy (non-hydrogen) atoms. The Kier molecular flexibility index (Phi) is 5.47. The SMILES string of the molecule is COCc1nnc(NC(=O)COc2ccccc2OC)s1. The van der Waals surface area contributed by atoms with E-state index in [4.69, 9.17) is 14.2 Å². The van der Waals surface area contributed by atoms with E-state index in [1.807, 2.05) is 6.07 Å². The van der Waals surface area contributed by atoms with E-state index in [1.54, 1.807) is 32.4 Å². The Morgan fingerprint density at radius 1 is 1.24 bits per heavy atom. The zero-order valence-electron chi connectivity index (χ0n) is 11.7. The van der Waals surface area contributed by atoms with Gasteiger partial charge in [0.1, 0.15) is 11.6 Å². The minimum Gasteiger partial charge on any atom is -0.493 e. The van der Waals surface area contributed by atoms with Gasteiger partial charge in [-0.25, -0.2) is 0 Å². The molecule has 1 aromatic carbocycles. The lowest BCUT2D eigenvalue weighted by Gasteiger charge is -2.09. The van der Waals surface area contributed by atoms with Gasteiger partial charge in [0, 0.05) is 7.11 Å². The van der Waals surface area contributed by atoms with Crippen LogP contribution in [0.15, 0.2) is 24.3 Å². The van der Waals surface area contributed by atoms with E-state index in [2.05, 4.69) is 15.5 Å². The van der Waals surface area contributed by atoms with Crippen LogP contribution in [0, 0.1) is 0 Å². The molecule has 0 saturated carbocycles. The van der Waals surface area contributed by atoms with Crippen molar-refractivity contribution < 1.29 is 19.0 Å². The third-order valence-electron chi connectivity index (χ3n) is 2.41. The van der Waals surface area contributed by atoms with Crippen LogP contribution in [0.2, 0.25) is 0 Å². The molecule has 0 spiro atoms. The first-order valence-electron chi connectivity index (χ1n) is 6.10. The summed E-state index contributed by atoms with van der Waals surface area (Å²) in [5, 5.41) is 11.4. The van der Waals surface area contributed by atoms with Crippen molar-refractivity contribution in [1.29, 1.82) is 0 Å². The quantitative estimate of drug-likeness (QED) is 0.838. The monoisotopic (exact) mass is 309 g/mol. The maximum Gasteiger partial charge on any atom is 0.264 e. The number of benzene rings is 1. The topological polar surface area (TPSA) is 82.6 Å². The van der Waals surface area contributed by atoms with Crippen molar-refractivity contribution in [2.75, 3.05) is 26.1 Å². The fraction of sp³-hybridized carbons (Fsp3) is 0.308. The lowest BCUT2D eigenvalue weighted by Crippen LogP contribution is -2.20. The van der Waals surface area contributed by atoms with Gasteiger partial charge in [0.15, 0.2) is 18.1 Å². The van der Waals surface area contributed by atoms with Crippen LogP contribution in [0.1, 0.15) is 5.01 Å². The third-order valence-corrected chi connectivity index (χ3v) is 3.22. The number of carbonyl (C=O) groups excluding carboxylic acids is 1. The number of carbonyl (C=O) groups is 1. The number of hydrogen-bond acceptors (Lipinski definition) is 7. The lowest BCUT2D eigenvalue weighted by atomic mass is 10.3. The van der Waals surface area contributed by atoms with Crippen molar-refractivity contribution in [3.05, 3.63) is 29.3 Å². The molecule has 0 saturated heterocycles. The standard InChI is InChI=1S/C13H15N3O4S/c1-18-8-12-15-16-13(21-12)14-11(17)7-20-10-6-4-3-5-9(10)19-2/h3-6H,7-8H2,1-2H3,(H,14,16,17). The summed E-state index contributed by atoms with van der Waals surface area (Å²) < 4.78 is 15.5. The van der Waals surface area contributed by atoms with Gasteiger partial charge in [0.05, 0.1) is 7.11 Å². The molecule has 112 valence electrons. The van der Waals surface area contributed by atoms with Crippen LogP contribution in [0.4, 0.5) is 5.13 Å². The van der Waals surface area contributed by atoms with E-state index in [-0.39, 0.29) is 12.5 Å². The summed E-state index contributed by atoms with van der Waals surface area (Å²) in [5.41, 5.74) is 0. The van der Waals surface area contributed by atoms with Gasteiger partial charge in [-0.15, -0.1) is 10.2 Å². The predicted molar refractivity (Wildman–Crippen MR) is 77.7 cm³/mol. The van der Waals surface area contributed by atoms with Crippen LogP contribution in [0.3, 0.4) is 0 Å². The van der Waals surface area contributed by atoms with Crippen LogP contribution in [-0.4, -0.2) is 36.9 Å². The number of rotatable bonds is 7. The number of anilines is 1. The molecule has 0 aliphatic heterocycles. The molecule has 0 bridgehead atoms. The van der Waals surface area contributed by atoms with Gasteiger partial charge in [0.2, 0.25) is 5.13 Å². The Labute approximate surface area is 125 Å². The van der Waals surface area contributed by atoms with Gasteiger partial charge < -0.3 is 14.2 Å². The minimum absolute atomic E-state index is 0.139. The van der Waals surface area contributed by atoms with Crippen LogP contribution < -0.4 is 14.8 Å². The van der Waals surface area contributed by atoms with E-state index in [0.717, 1.165) is 0 Å². The van der Waals surface area contributed by atoms with Gasteiger partial charge in [-0.05, 0) is 12.1 Å². The van der Waals surface area contributed by atoms with Gasteiger partial charge in [-0.3, -0.25) is 10.1 Å². The van der Waals surface area contributed by atoms with Gasteiger partial charge in [0.25, 0.3) is 5.91 Å². The number of nitrogens with zero attached hydrogens (tertiary/aromatic N) is 2. The molecule has 1 aromatic heterocycles. The number of methoxy groups -OCH3 is 2. The summed E-state index contributed by atoms with van der Waals surface area (Å²) in [6.07, 6.45) is 0. The highest BCUT2D eigenvalue weighted by Gasteiger charge is 2.10. The van der Waals surface area contributed by atoms with E-state index >= 15 is 0 Å². The molecule has 1 heterocycles. The summed E-state index contributed by atoms with van der Waals surface area (Å²) in [4.78, 5) is 11.8. The molecule has 1 N–H and O–H groups in total. The van der Waals surface area contributed by atoms with Gasteiger partial charge >= 0.3 is 0 Å². The van der Waals surface area contributed by atoms with Crippen molar-refractivity contribution in [3.8, 4) is 11.5 Å². The first-order chi connectivity index (χ1) is 10.2. The van der Waals surface area contributed by atoms with Gasteiger partial charge in [-0.2, -0.15) is 0 Å². The second kappa shape index (κ2) is 7.55. The number of para-hydroxylation sites is 2. The van der Waals surface area contributed by atoms with E-state index < -0.39 is 0 Å². The summed E-state index contributed by atoms with van der Waals surface area (Å²) in [6.45, 7) is 0.227. The molecule has 0 aliphatic carbocycles. The molecule has 0 fully saturated rings. The molecule has 0 atom stereocenters. The van der Waals surface area contributed by atoms with Crippen molar-refractivity contribution in [2.45, 2.75) is 6.61 Å². The lowest BCUT2D eigenvalue weighted by molar-refractivity contribution is -0.118. The molecule has 1 amide bonds. The first-order valence-corrected chi connectivity index (χ1v) is 6.91. The molecule has 0 radical (unpaired) electrons. The predicted octanol–water partition coefficient (Wildman–Crippen LogP) is 1.71. The Morgan fingerprint density at radius 2 is 2.00 bits per heavy atom. The number of hydrogen-bond donors (Lipinski definition) is 1. The number of nitrogens with one attached hydrogen (secondary N) is 1. The molecule has 0 aliphatic rings. The fourth-order valence-electron chi connectivity index (χ4n) is 1.52. The van der Waals surface area contributed by atoms with Crippen LogP contribution in [0.5, 0.6) is 11.5 Å². The van der Waals surface area contributed by atoms with Gasteiger partial charge in [-0.1, -0.05) is 23.5 Å². The second-order valence-electron chi connectivity index (χ2n) is 3.92. The van der Waals surface area contributed by atoms with E-state index in [9.17, 15) is 4.79 Å². The number of ether oxygens (including phenoxy) is 3. The Balaban J connectivity index is 1.86. The van der Waals surface area contributed by atoms with Crippen molar-refractivity contribution in [3.63, 3.8) is 0 Å². The summed E-state index contributed by atoms with van der Waals surface area (Å²) in [5.74, 6) is 0.761. The summed E-state index contributed by atoms with van der Waals surface area (Å²) in [6, 6.07) is 7.12. The average Bonchev–Trinajstić information content (AvgIpc) is 2.93. The second-order valence-corrected chi connectivity index (χ2v) is 4.98. The van der Waals surface area contributed by atoms with Crippen LogP contribution in [-0.2, 0) is 16.1 Å². The first kappa shape index (κ1) is 15.2. The average molecular weight is 309 g/mol. The minimum atomic E-state index is -0.318. The molecular formula is C13H15N3O4S. The van der Waals surface area contributed by atoms with Crippen molar-refractivity contribution in [2.24, 2.45) is 0 Å². The zero-order valence-corrected chi connectivity index (χ0v) is 12.5. The largest absolute Gasteiger partial charge is 0.493 e. The fourth-order valence-corrected chi connectivity index (χ4v) is 2.25. The Bertz CT molecular complexity index is 603.